The van der Waals surface area contributed by atoms with Crippen LogP contribution < -0.4 is 5.32 Å². The third-order valence-corrected chi connectivity index (χ3v) is 7.33. The number of imidazole rings is 1. The Morgan fingerprint density at radius 1 is 1.03 bits per heavy atom. The molecule has 0 saturated carbocycles. The number of amides is 1. The summed E-state index contributed by atoms with van der Waals surface area (Å²) in [6.07, 6.45) is 3.53. The van der Waals surface area contributed by atoms with Gasteiger partial charge < -0.3 is 20.1 Å². The zero-order chi connectivity index (χ0) is 20.8. The standard InChI is InChI=1S/C25H27N5O/c31-24(19-6-4-5-18(13-19)23-26-9-10-27-23)28-22-20-14-29-11-12-30(15-20)17-25(22,16-29)21-7-2-1-3-8-21/h1-10,13,20,22H,11-12,14-17H2,(H,26,27)(H,28,31)/t20?,22-,25?/m1/s1. The molecule has 4 bridgehead atoms. The number of nitrogens with one attached hydrogen (secondary N) is 2. The van der Waals surface area contributed by atoms with Crippen molar-refractivity contribution in [2.75, 3.05) is 39.3 Å². The van der Waals surface area contributed by atoms with Gasteiger partial charge in [0.15, 0.2) is 0 Å². The first-order valence-corrected chi connectivity index (χ1v) is 11.1. The van der Waals surface area contributed by atoms with Crippen molar-refractivity contribution in [2.24, 2.45) is 5.92 Å². The molecule has 3 aromatic rings. The van der Waals surface area contributed by atoms with Gasteiger partial charge in [-0.05, 0) is 17.7 Å². The summed E-state index contributed by atoms with van der Waals surface area (Å²) in [7, 11) is 0. The number of benzene rings is 2. The molecule has 3 atom stereocenters. The number of rotatable bonds is 4. The van der Waals surface area contributed by atoms with Gasteiger partial charge in [-0.1, -0.05) is 42.5 Å². The Bertz CT molecular complexity index is 1060. The smallest absolute Gasteiger partial charge is 0.251 e. The van der Waals surface area contributed by atoms with E-state index in [2.05, 4.69) is 55.4 Å². The Morgan fingerprint density at radius 2 is 1.81 bits per heavy atom. The van der Waals surface area contributed by atoms with Crippen molar-refractivity contribution in [3.8, 4) is 11.4 Å². The lowest BCUT2D eigenvalue weighted by atomic mass is 9.64. The molecule has 2 unspecified atom stereocenters. The van der Waals surface area contributed by atoms with Gasteiger partial charge >= 0.3 is 0 Å². The molecule has 2 aromatic carbocycles. The third kappa shape index (κ3) is 3.18. The minimum absolute atomic E-state index is 0.00450. The fourth-order valence-electron chi connectivity index (χ4n) is 6.02. The Morgan fingerprint density at radius 3 is 2.52 bits per heavy atom. The lowest BCUT2D eigenvalue weighted by molar-refractivity contribution is 0.0180. The van der Waals surface area contributed by atoms with E-state index in [1.54, 1.807) is 12.4 Å². The van der Waals surface area contributed by atoms with Crippen LogP contribution in [0.5, 0.6) is 0 Å². The lowest BCUT2D eigenvalue weighted by Crippen LogP contribution is -2.70. The highest BCUT2D eigenvalue weighted by Gasteiger charge is 2.55. The predicted octanol–water partition coefficient (Wildman–Crippen LogP) is 2.37. The number of carbonyl (C=O) groups excluding carboxylic acids is 1. The first kappa shape index (κ1) is 18.8. The number of aromatic amines is 1. The minimum Gasteiger partial charge on any atom is -0.348 e. The van der Waals surface area contributed by atoms with E-state index in [1.165, 1.54) is 5.56 Å². The molecule has 4 aliphatic heterocycles. The molecule has 1 aromatic heterocycles. The van der Waals surface area contributed by atoms with Crippen LogP contribution in [0.15, 0.2) is 67.0 Å². The second-order valence-corrected chi connectivity index (χ2v) is 9.22. The Hall–Kier alpha value is -2.96. The normalized spacial score (nSPS) is 31.4. The van der Waals surface area contributed by atoms with E-state index in [9.17, 15) is 4.79 Å². The summed E-state index contributed by atoms with van der Waals surface area (Å²) in [5.41, 5.74) is 2.87. The molecule has 6 nitrogen and oxygen atoms in total. The molecular weight excluding hydrogens is 386 g/mol. The number of nitrogens with zero attached hydrogens (tertiary/aromatic N) is 3. The average Bonchev–Trinajstić information content (AvgIpc) is 3.23. The van der Waals surface area contributed by atoms with Gasteiger partial charge in [0.1, 0.15) is 5.82 Å². The van der Waals surface area contributed by atoms with Gasteiger partial charge in [0.05, 0.1) is 0 Å². The van der Waals surface area contributed by atoms with Crippen molar-refractivity contribution in [2.45, 2.75) is 11.5 Å². The molecule has 7 rings (SSSR count). The Balaban J connectivity index is 1.34. The average molecular weight is 414 g/mol. The van der Waals surface area contributed by atoms with E-state index in [-0.39, 0.29) is 17.4 Å². The molecule has 5 heterocycles. The summed E-state index contributed by atoms with van der Waals surface area (Å²) in [6, 6.07) is 18.7. The van der Waals surface area contributed by atoms with Crippen molar-refractivity contribution >= 4 is 5.91 Å². The molecule has 0 radical (unpaired) electrons. The lowest BCUT2D eigenvalue weighted by Gasteiger charge is -2.55. The van der Waals surface area contributed by atoms with Crippen LogP contribution >= 0.6 is 0 Å². The number of fused-ring (bicyclic) bond motifs is 1. The molecule has 0 spiro atoms. The number of piperidine rings is 2. The third-order valence-electron chi connectivity index (χ3n) is 7.33. The van der Waals surface area contributed by atoms with Crippen LogP contribution in [0.25, 0.3) is 11.4 Å². The monoisotopic (exact) mass is 413 g/mol. The quantitative estimate of drug-likeness (QED) is 0.689. The highest BCUT2D eigenvalue weighted by Crippen LogP contribution is 2.43. The minimum atomic E-state index is -0.0762. The fourth-order valence-corrected chi connectivity index (χ4v) is 6.02. The van der Waals surface area contributed by atoms with Gasteiger partial charge in [0.25, 0.3) is 5.91 Å². The van der Waals surface area contributed by atoms with Crippen LogP contribution in [0.2, 0.25) is 0 Å². The van der Waals surface area contributed by atoms with E-state index in [0.717, 1.165) is 50.7 Å². The second-order valence-electron chi connectivity index (χ2n) is 9.22. The molecule has 4 aliphatic rings. The molecule has 4 saturated heterocycles. The maximum Gasteiger partial charge on any atom is 0.251 e. The van der Waals surface area contributed by atoms with Gasteiger partial charge in [0, 0.05) is 80.2 Å². The highest BCUT2D eigenvalue weighted by molar-refractivity contribution is 5.95. The summed E-state index contributed by atoms with van der Waals surface area (Å²) >= 11 is 0. The van der Waals surface area contributed by atoms with Crippen molar-refractivity contribution in [3.63, 3.8) is 0 Å². The molecule has 6 heteroatoms. The van der Waals surface area contributed by atoms with Gasteiger partial charge in [-0.2, -0.15) is 0 Å². The SMILES string of the molecule is O=C(N[C@@H]1C2CN3CCN(C2)CC1(c1ccccc1)C3)c1cccc(-c2ncc[nH]2)c1. The zero-order valence-electron chi connectivity index (χ0n) is 17.5. The number of hydrogen-bond donors (Lipinski definition) is 2. The van der Waals surface area contributed by atoms with E-state index < -0.39 is 0 Å². The second kappa shape index (κ2) is 7.32. The molecule has 158 valence electrons. The maximum absolute atomic E-state index is 13.4. The van der Waals surface area contributed by atoms with Crippen molar-refractivity contribution < 1.29 is 4.79 Å². The number of hydrogen-bond acceptors (Lipinski definition) is 4. The van der Waals surface area contributed by atoms with Crippen LogP contribution in [0, 0.1) is 5.92 Å². The Labute approximate surface area is 182 Å². The highest BCUT2D eigenvalue weighted by atomic mass is 16.1. The van der Waals surface area contributed by atoms with Gasteiger partial charge in [-0.25, -0.2) is 4.98 Å². The van der Waals surface area contributed by atoms with Gasteiger partial charge in [-0.3, -0.25) is 4.79 Å². The zero-order valence-corrected chi connectivity index (χ0v) is 17.5. The largest absolute Gasteiger partial charge is 0.348 e. The Kier molecular flexibility index (Phi) is 4.44. The summed E-state index contributed by atoms with van der Waals surface area (Å²) in [4.78, 5) is 26.1. The number of carbonyl (C=O) groups is 1. The summed E-state index contributed by atoms with van der Waals surface area (Å²) < 4.78 is 0. The van der Waals surface area contributed by atoms with E-state index in [4.69, 9.17) is 0 Å². The van der Waals surface area contributed by atoms with Crippen molar-refractivity contribution in [1.29, 1.82) is 0 Å². The first-order chi connectivity index (χ1) is 15.2. The van der Waals surface area contributed by atoms with Crippen LogP contribution in [-0.2, 0) is 5.41 Å². The molecule has 4 fully saturated rings. The van der Waals surface area contributed by atoms with Gasteiger partial charge in [-0.15, -0.1) is 0 Å². The predicted molar refractivity (Wildman–Crippen MR) is 120 cm³/mol. The van der Waals surface area contributed by atoms with Crippen LogP contribution in [0.3, 0.4) is 0 Å². The van der Waals surface area contributed by atoms with E-state index >= 15 is 0 Å². The maximum atomic E-state index is 13.4. The van der Waals surface area contributed by atoms with Crippen LogP contribution in [-0.4, -0.2) is 71.0 Å². The topological polar surface area (TPSA) is 64.3 Å². The van der Waals surface area contributed by atoms with Crippen molar-refractivity contribution in [3.05, 3.63) is 78.1 Å². The summed E-state index contributed by atoms with van der Waals surface area (Å²) in [5, 5.41) is 3.50. The first-order valence-electron chi connectivity index (χ1n) is 11.1. The van der Waals surface area contributed by atoms with E-state index in [0.29, 0.717) is 11.5 Å². The van der Waals surface area contributed by atoms with Crippen LogP contribution in [0.1, 0.15) is 15.9 Å². The van der Waals surface area contributed by atoms with E-state index in [1.807, 2.05) is 24.3 Å². The van der Waals surface area contributed by atoms with Crippen molar-refractivity contribution in [1.82, 2.24) is 25.1 Å². The number of aromatic nitrogens is 2. The summed E-state index contributed by atoms with van der Waals surface area (Å²) in [5.74, 6) is 1.22. The molecule has 1 amide bonds. The summed E-state index contributed by atoms with van der Waals surface area (Å²) in [6.45, 7) is 6.36. The molecular formula is C25H27N5O. The molecule has 2 N–H and O–H groups in total. The fraction of sp³-hybridized carbons (Fsp3) is 0.360. The van der Waals surface area contributed by atoms with Gasteiger partial charge in [0.2, 0.25) is 0 Å². The number of H-pyrrole nitrogens is 1. The molecule has 31 heavy (non-hydrogen) atoms. The van der Waals surface area contributed by atoms with Crippen LogP contribution in [0.4, 0.5) is 0 Å². The molecule has 0 aliphatic carbocycles.